The van der Waals surface area contributed by atoms with E-state index in [9.17, 15) is 0 Å². The third-order valence-corrected chi connectivity index (χ3v) is 3.89. The van der Waals surface area contributed by atoms with Crippen LogP contribution >= 0.6 is 0 Å². The lowest BCUT2D eigenvalue weighted by Crippen LogP contribution is -2.29. The van der Waals surface area contributed by atoms with Crippen LogP contribution in [-0.2, 0) is 6.54 Å². The molecule has 4 nitrogen and oxygen atoms in total. The molecule has 1 aliphatic heterocycles. The molecule has 0 amide bonds. The zero-order valence-electron chi connectivity index (χ0n) is 11.7. The lowest BCUT2D eigenvalue weighted by atomic mass is 9.93. The van der Waals surface area contributed by atoms with Crippen molar-refractivity contribution in [2.24, 2.45) is 0 Å². The van der Waals surface area contributed by atoms with Crippen LogP contribution in [0.1, 0.15) is 30.0 Å². The number of rotatable bonds is 3. The molecule has 0 bridgehead atoms. The first-order chi connectivity index (χ1) is 9.25. The van der Waals surface area contributed by atoms with Crippen LogP contribution in [0.4, 0.5) is 0 Å². The fraction of sp³-hybridized carbons (Fsp3) is 0.533. The maximum Gasteiger partial charge on any atom is 0.137 e. The van der Waals surface area contributed by atoms with Crippen molar-refractivity contribution in [1.29, 1.82) is 0 Å². The number of H-pyrrole nitrogens is 1. The van der Waals surface area contributed by atoms with Gasteiger partial charge in [-0.2, -0.15) is 0 Å². The molecule has 1 aliphatic rings. The Labute approximate surface area is 114 Å². The van der Waals surface area contributed by atoms with Crippen LogP contribution in [0.5, 0.6) is 0 Å². The Bertz CT molecular complexity index is 552. The summed E-state index contributed by atoms with van der Waals surface area (Å²) in [6.45, 7) is 3.20. The molecule has 19 heavy (non-hydrogen) atoms. The van der Waals surface area contributed by atoms with Gasteiger partial charge in [-0.1, -0.05) is 0 Å². The van der Waals surface area contributed by atoms with Gasteiger partial charge in [0.05, 0.1) is 0 Å². The van der Waals surface area contributed by atoms with Crippen LogP contribution in [0, 0.1) is 0 Å². The molecule has 3 rings (SSSR count). The quantitative estimate of drug-likeness (QED) is 0.886. The number of nitrogens with one attached hydrogen (secondary N) is 2. The van der Waals surface area contributed by atoms with E-state index in [0.29, 0.717) is 5.92 Å². The van der Waals surface area contributed by atoms with Crippen molar-refractivity contribution in [2.75, 3.05) is 27.2 Å². The number of fused-ring (bicyclic) bond motifs is 1. The van der Waals surface area contributed by atoms with Gasteiger partial charge in [-0.15, -0.1) is 0 Å². The van der Waals surface area contributed by atoms with Crippen molar-refractivity contribution >= 4 is 11.0 Å². The second kappa shape index (κ2) is 5.31. The van der Waals surface area contributed by atoms with Gasteiger partial charge in [0.2, 0.25) is 0 Å². The molecule has 0 radical (unpaired) electrons. The van der Waals surface area contributed by atoms with Crippen molar-refractivity contribution in [3.8, 4) is 0 Å². The van der Waals surface area contributed by atoms with E-state index >= 15 is 0 Å². The lowest BCUT2D eigenvalue weighted by Gasteiger charge is -2.24. The minimum Gasteiger partial charge on any atom is -0.343 e. The molecule has 0 spiro atoms. The third kappa shape index (κ3) is 2.51. The van der Waals surface area contributed by atoms with Crippen LogP contribution in [0.3, 0.4) is 0 Å². The van der Waals surface area contributed by atoms with Gasteiger partial charge in [0.15, 0.2) is 0 Å². The van der Waals surface area contributed by atoms with Gasteiger partial charge >= 0.3 is 0 Å². The van der Waals surface area contributed by atoms with Crippen molar-refractivity contribution in [2.45, 2.75) is 25.3 Å². The highest BCUT2D eigenvalue weighted by molar-refractivity contribution is 5.81. The first-order valence-electron chi connectivity index (χ1n) is 7.06. The maximum absolute atomic E-state index is 4.47. The number of hydrogen-bond donors (Lipinski definition) is 2. The van der Waals surface area contributed by atoms with Crippen molar-refractivity contribution < 1.29 is 0 Å². The van der Waals surface area contributed by atoms with Gasteiger partial charge in [0, 0.05) is 36.3 Å². The minimum atomic E-state index is 0.595. The number of aromatic nitrogens is 2. The summed E-state index contributed by atoms with van der Waals surface area (Å²) in [5, 5.41) is 4.78. The van der Waals surface area contributed by atoms with Gasteiger partial charge in [0.1, 0.15) is 5.65 Å². The first-order valence-corrected chi connectivity index (χ1v) is 7.06. The molecule has 1 unspecified atom stereocenters. The van der Waals surface area contributed by atoms with Gasteiger partial charge in [-0.05, 0) is 51.2 Å². The van der Waals surface area contributed by atoms with E-state index in [1.807, 2.05) is 12.3 Å². The molecule has 1 fully saturated rings. The summed E-state index contributed by atoms with van der Waals surface area (Å²) in [5.74, 6) is 0.595. The monoisotopic (exact) mass is 258 g/mol. The number of hydrogen-bond acceptors (Lipinski definition) is 3. The average Bonchev–Trinajstić information content (AvgIpc) is 2.78. The Morgan fingerprint density at radius 3 is 3.05 bits per heavy atom. The molecule has 3 heterocycles. The van der Waals surface area contributed by atoms with Gasteiger partial charge < -0.3 is 15.2 Å². The number of pyridine rings is 1. The summed E-state index contributed by atoms with van der Waals surface area (Å²) < 4.78 is 0. The summed E-state index contributed by atoms with van der Waals surface area (Å²) in [6, 6.07) is 4.20. The molecular formula is C15H22N4. The molecule has 2 aromatic rings. The summed E-state index contributed by atoms with van der Waals surface area (Å²) >= 11 is 0. The molecule has 0 aliphatic carbocycles. The van der Waals surface area contributed by atoms with E-state index in [4.69, 9.17) is 0 Å². The van der Waals surface area contributed by atoms with Crippen LogP contribution in [-0.4, -0.2) is 42.1 Å². The first kappa shape index (κ1) is 12.6. The predicted molar refractivity (Wildman–Crippen MR) is 78.3 cm³/mol. The molecule has 0 aromatic carbocycles. The Kier molecular flexibility index (Phi) is 3.53. The molecule has 1 saturated heterocycles. The molecular weight excluding hydrogens is 236 g/mol. The standard InChI is InChI=1S/C15H22N4/c1-19(2)10-13-12-6-4-8-17-15(12)18-14(13)11-5-3-7-16-9-11/h4,6,8,11,16H,3,5,7,9-10H2,1-2H3,(H,17,18). The zero-order chi connectivity index (χ0) is 13.2. The van der Waals surface area contributed by atoms with E-state index < -0.39 is 0 Å². The van der Waals surface area contributed by atoms with E-state index in [1.54, 1.807) is 0 Å². The lowest BCUT2D eigenvalue weighted by molar-refractivity contribution is 0.395. The second-order valence-electron chi connectivity index (χ2n) is 5.70. The molecule has 1 atom stereocenters. The molecule has 2 N–H and O–H groups in total. The van der Waals surface area contributed by atoms with E-state index in [2.05, 4.69) is 40.3 Å². The van der Waals surface area contributed by atoms with E-state index in [-0.39, 0.29) is 0 Å². The Hall–Kier alpha value is -1.39. The van der Waals surface area contributed by atoms with Crippen LogP contribution < -0.4 is 5.32 Å². The summed E-state index contributed by atoms with van der Waals surface area (Å²) in [7, 11) is 4.25. The highest BCUT2D eigenvalue weighted by atomic mass is 15.1. The molecule has 102 valence electrons. The van der Waals surface area contributed by atoms with Crippen LogP contribution in [0.25, 0.3) is 11.0 Å². The Morgan fingerprint density at radius 2 is 2.32 bits per heavy atom. The largest absolute Gasteiger partial charge is 0.343 e. The van der Waals surface area contributed by atoms with Crippen LogP contribution in [0.15, 0.2) is 18.3 Å². The summed E-state index contributed by atoms with van der Waals surface area (Å²) in [5.41, 5.74) is 3.83. The summed E-state index contributed by atoms with van der Waals surface area (Å²) in [4.78, 5) is 10.3. The Balaban J connectivity index is 2.05. The topological polar surface area (TPSA) is 44.0 Å². The molecule has 4 heteroatoms. The second-order valence-corrected chi connectivity index (χ2v) is 5.70. The smallest absolute Gasteiger partial charge is 0.137 e. The maximum atomic E-state index is 4.47. The van der Waals surface area contributed by atoms with Gasteiger partial charge in [0.25, 0.3) is 0 Å². The Morgan fingerprint density at radius 1 is 1.42 bits per heavy atom. The zero-order valence-corrected chi connectivity index (χ0v) is 11.7. The molecule has 0 saturated carbocycles. The van der Waals surface area contributed by atoms with E-state index in [0.717, 1.165) is 25.3 Å². The van der Waals surface area contributed by atoms with E-state index in [1.165, 1.54) is 29.5 Å². The summed E-state index contributed by atoms with van der Waals surface area (Å²) in [6.07, 6.45) is 4.39. The number of nitrogens with zero attached hydrogens (tertiary/aromatic N) is 2. The highest BCUT2D eigenvalue weighted by Gasteiger charge is 2.22. The predicted octanol–water partition coefficient (Wildman–Crippen LogP) is 2.09. The molecule has 2 aromatic heterocycles. The third-order valence-electron chi connectivity index (χ3n) is 3.89. The average molecular weight is 258 g/mol. The fourth-order valence-electron chi connectivity index (χ4n) is 3.03. The van der Waals surface area contributed by atoms with Crippen molar-refractivity contribution in [1.82, 2.24) is 20.2 Å². The van der Waals surface area contributed by atoms with Crippen molar-refractivity contribution in [3.05, 3.63) is 29.6 Å². The minimum absolute atomic E-state index is 0.595. The number of aromatic amines is 1. The SMILES string of the molecule is CN(C)Cc1c(C2CCCNC2)[nH]c2ncccc12. The number of piperidine rings is 1. The van der Waals surface area contributed by atoms with Crippen molar-refractivity contribution in [3.63, 3.8) is 0 Å². The highest BCUT2D eigenvalue weighted by Crippen LogP contribution is 2.31. The fourth-order valence-corrected chi connectivity index (χ4v) is 3.03. The van der Waals surface area contributed by atoms with Gasteiger partial charge in [-0.3, -0.25) is 0 Å². The van der Waals surface area contributed by atoms with Crippen LogP contribution in [0.2, 0.25) is 0 Å². The van der Waals surface area contributed by atoms with Gasteiger partial charge in [-0.25, -0.2) is 4.98 Å². The normalized spacial score (nSPS) is 20.3.